The van der Waals surface area contributed by atoms with Gasteiger partial charge in [-0.1, -0.05) is 18.2 Å². The molecule has 0 radical (unpaired) electrons. The van der Waals surface area contributed by atoms with E-state index in [9.17, 15) is 18.3 Å². The molecule has 1 unspecified atom stereocenters. The van der Waals surface area contributed by atoms with Crippen LogP contribution in [0.2, 0.25) is 0 Å². The van der Waals surface area contributed by atoms with Crippen LogP contribution in [0.1, 0.15) is 31.4 Å². The number of hydrogen-bond donors (Lipinski definition) is 2. The second-order valence-electron chi connectivity index (χ2n) is 5.96. The lowest BCUT2D eigenvalue weighted by Crippen LogP contribution is -2.42. The minimum absolute atomic E-state index is 0.0246. The molecule has 1 aromatic carbocycles. The number of alkyl halides is 3. The maximum absolute atomic E-state index is 12.5. The first kappa shape index (κ1) is 18.0. The Balaban J connectivity index is 2.04. The van der Waals surface area contributed by atoms with Crippen molar-refractivity contribution in [1.82, 2.24) is 5.32 Å². The molecule has 1 aliphatic heterocycles. The third-order valence-corrected chi connectivity index (χ3v) is 4.28. The molecule has 0 spiro atoms. The summed E-state index contributed by atoms with van der Waals surface area (Å²) in [7, 11) is 0. The van der Waals surface area contributed by atoms with E-state index in [0.29, 0.717) is 25.3 Å². The van der Waals surface area contributed by atoms with E-state index in [2.05, 4.69) is 10.1 Å². The molecule has 4 nitrogen and oxygen atoms in total. The number of nitrogens with one attached hydrogen (secondary N) is 1. The largest absolute Gasteiger partial charge is 0.573 e. The predicted octanol–water partition coefficient (Wildman–Crippen LogP) is 3.02. The number of hydrogen-bond acceptors (Lipinski definition) is 4. The summed E-state index contributed by atoms with van der Waals surface area (Å²) in [4.78, 5) is 0. The number of ether oxygens (including phenoxy) is 2. The smallest absolute Gasteiger partial charge is 0.405 e. The van der Waals surface area contributed by atoms with Crippen molar-refractivity contribution < 1.29 is 27.8 Å². The minimum Gasteiger partial charge on any atom is -0.405 e. The van der Waals surface area contributed by atoms with Crippen molar-refractivity contribution in [2.24, 2.45) is 5.41 Å². The van der Waals surface area contributed by atoms with E-state index in [0.717, 1.165) is 12.8 Å². The summed E-state index contributed by atoms with van der Waals surface area (Å²) in [5.74, 6) is -0.204. The van der Waals surface area contributed by atoms with Gasteiger partial charge in [0.25, 0.3) is 0 Å². The SMILES string of the molecule is CC(NCC1(CO)CCOCC1)c1ccccc1OC(F)(F)F. The van der Waals surface area contributed by atoms with E-state index in [1.54, 1.807) is 19.1 Å². The lowest BCUT2D eigenvalue weighted by molar-refractivity contribution is -0.275. The first-order valence-electron chi connectivity index (χ1n) is 7.62. The van der Waals surface area contributed by atoms with Crippen molar-refractivity contribution in [2.45, 2.75) is 32.2 Å². The molecular weight excluding hydrogens is 311 g/mol. The average molecular weight is 333 g/mol. The fourth-order valence-electron chi connectivity index (χ4n) is 2.73. The molecule has 2 N–H and O–H groups in total. The van der Waals surface area contributed by atoms with Gasteiger partial charge in [-0.3, -0.25) is 0 Å². The Morgan fingerprint density at radius 3 is 2.57 bits per heavy atom. The zero-order valence-electron chi connectivity index (χ0n) is 13.0. The molecule has 2 rings (SSSR count). The lowest BCUT2D eigenvalue weighted by Gasteiger charge is -2.36. The van der Waals surface area contributed by atoms with E-state index in [4.69, 9.17) is 4.74 Å². The van der Waals surface area contributed by atoms with Gasteiger partial charge in [0, 0.05) is 36.8 Å². The van der Waals surface area contributed by atoms with Crippen LogP contribution in [0.3, 0.4) is 0 Å². The fraction of sp³-hybridized carbons (Fsp3) is 0.625. The summed E-state index contributed by atoms with van der Waals surface area (Å²) in [6.45, 7) is 3.49. The molecule has 23 heavy (non-hydrogen) atoms. The number of halogens is 3. The zero-order valence-corrected chi connectivity index (χ0v) is 13.0. The Hall–Kier alpha value is -1.31. The highest BCUT2D eigenvalue weighted by Crippen LogP contribution is 2.33. The van der Waals surface area contributed by atoms with Gasteiger partial charge in [-0.2, -0.15) is 0 Å². The molecule has 1 aliphatic rings. The summed E-state index contributed by atoms with van der Waals surface area (Å²) in [5, 5.41) is 12.9. The van der Waals surface area contributed by atoms with Gasteiger partial charge in [0.1, 0.15) is 5.75 Å². The standard InChI is InChI=1S/C16H22F3NO3/c1-12(20-10-15(11-21)6-8-22-9-7-15)13-4-2-3-5-14(13)23-16(17,18)19/h2-5,12,20-21H,6-11H2,1H3. The maximum atomic E-state index is 12.5. The van der Waals surface area contributed by atoms with Gasteiger partial charge in [0.2, 0.25) is 0 Å². The van der Waals surface area contributed by atoms with Gasteiger partial charge in [-0.25, -0.2) is 0 Å². The van der Waals surface area contributed by atoms with E-state index in [1.165, 1.54) is 12.1 Å². The summed E-state index contributed by atoms with van der Waals surface area (Å²) in [6, 6.07) is 5.75. The summed E-state index contributed by atoms with van der Waals surface area (Å²) in [5.41, 5.74) is 0.150. The highest BCUT2D eigenvalue weighted by Gasteiger charge is 2.34. The van der Waals surface area contributed by atoms with Crippen LogP contribution in [-0.4, -0.2) is 37.8 Å². The normalized spacial score (nSPS) is 19.3. The molecular formula is C16H22F3NO3. The van der Waals surface area contributed by atoms with Crippen LogP contribution in [0.4, 0.5) is 13.2 Å². The van der Waals surface area contributed by atoms with Crippen molar-refractivity contribution in [3.8, 4) is 5.75 Å². The molecule has 1 atom stereocenters. The second kappa shape index (κ2) is 7.51. The molecule has 7 heteroatoms. The Labute approximate surface area is 133 Å². The third-order valence-electron chi connectivity index (χ3n) is 4.28. The second-order valence-corrected chi connectivity index (χ2v) is 5.96. The number of rotatable bonds is 6. The molecule has 0 aliphatic carbocycles. The summed E-state index contributed by atoms with van der Waals surface area (Å²) < 4.78 is 46.9. The van der Waals surface area contributed by atoms with E-state index >= 15 is 0 Å². The van der Waals surface area contributed by atoms with Gasteiger partial charge >= 0.3 is 6.36 Å². The molecule has 0 saturated carbocycles. The van der Waals surface area contributed by atoms with Crippen LogP contribution in [0.25, 0.3) is 0 Å². The molecule has 1 heterocycles. The third kappa shape index (κ3) is 5.09. The highest BCUT2D eigenvalue weighted by atomic mass is 19.4. The van der Waals surface area contributed by atoms with E-state index < -0.39 is 6.36 Å². The predicted molar refractivity (Wildman–Crippen MR) is 79.1 cm³/mol. The number of para-hydroxylation sites is 1. The van der Waals surface area contributed by atoms with Gasteiger partial charge < -0.3 is 19.9 Å². The molecule has 0 bridgehead atoms. The van der Waals surface area contributed by atoms with Crippen LogP contribution < -0.4 is 10.1 Å². The fourth-order valence-corrected chi connectivity index (χ4v) is 2.73. The van der Waals surface area contributed by atoms with Crippen LogP contribution in [-0.2, 0) is 4.74 Å². The molecule has 0 amide bonds. The van der Waals surface area contributed by atoms with Gasteiger partial charge in [-0.15, -0.1) is 13.2 Å². The van der Waals surface area contributed by atoms with Crippen LogP contribution >= 0.6 is 0 Å². The molecule has 1 fully saturated rings. The zero-order chi connectivity index (χ0) is 16.9. The van der Waals surface area contributed by atoms with Crippen molar-refractivity contribution in [3.63, 3.8) is 0 Å². The van der Waals surface area contributed by atoms with Gasteiger partial charge in [0.05, 0.1) is 6.61 Å². The number of aliphatic hydroxyl groups is 1. The van der Waals surface area contributed by atoms with Crippen LogP contribution in [0.15, 0.2) is 24.3 Å². The average Bonchev–Trinajstić information content (AvgIpc) is 2.52. The first-order valence-corrected chi connectivity index (χ1v) is 7.62. The van der Waals surface area contributed by atoms with Crippen molar-refractivity contribution in [3.05, 3.63) is 29.8 Å². The van der Waals surface area contributed by atoms with Gasteiger partial charge in [-0.05, 0) is 25.8 Å². The van der Waals surface area contributed by atoms with Gasteiger partial charge in [0.15, 0.2) is 0 Å². The molecule has 130 valence electrons. The lowest BCUT2D eigenvalue weighted by atomic mass is 9.80. The first-order chi connectivity index (χ1) is 10.9. The van der Waals surface area contributed by atoms with Crippen molar-refractivity contribution >= 4 is 0 Å². The molecule has 1 saturated heterocycles. The van der Waals surface area contributed by atoms with Crippen molar-refractivity contribution in [1.29, 1.82) is 0 Å². The summed E-state index contributed by atoms with van der Waals surface area (Å²) >= 11 is 0. The summed E-state index contributed by atoms with van der Waals surface area (Å²) in [6.07, 6.45) is -3.27. The monoisotopic (exact) mass is 333 g/mol. The number of aliphatic hydroxyl groups excluding tert-OH is 1. The van der Waals surface area contributed by atoms with Crippen LogP contribution in [0.5, 0.6) is 5.75 Å². The Morgan fingerprint density at radius 2 is 1.96 bits per heavy atom. The van der Waals surface area contributed by atoms with E-state index in [1.807, 2.05) is 0 Å². The Kier molecular flexibility index (Phi) is 5.89. The Bertz CT molecular complexity index is 502. The van der Waals surface area contributed by atoms with E-state index in [-0.39, 0.29) is 23.8 Å². The van der Waals surface area contributed by atoms with Crippen molar-refractivity contribution in [2.75, 3.05) is 26.4 Å². The highest BCUT2D eigenvalue weighted by molar-refractivity contribution is 5.35. The Morgan fingerprint density at radius 1 is 1.30 bits per heavy atom. The quantitative estimate of drug-likeness (QED) is 0.840. The topological polar surface area (TPSA) is 50.7 Å². The number of benzene rings is 1. The van der Waals surface area contributed by atoms with Crippen LogP contribution in [0, 0.1) is 5.41 Å². The minimum atomic E-state index is -4.72. The molecule has 0 aromatic heterocycles. The maximum Gasteiger partial charge on any atom is 0.573 e. The molecule has 1 aromatic rings.